The SMILES string of the molecule is O=C1COC2(CCN(S(=O)(=O)c3ccc(Br)cc3)CC2)CN1Cc1ccco1. The number of carbonyl (C=O) groups is 1. The molecule has 7 nitrogen and oxygen atoms in total. The summed E-state index contributed by atoms with van der Waals surface area (Å²) >= 11 is 3.32. The Balaban J connectivity index is 1.44. The second kappa shape index (κ2) is 7.62. The Hall–Kier alpha value is -1.68. The Morgan fingerprint density at radius 1 is 1.11 bits per heavy atom. The lowest BCUT2D eigenvalue weighted by Crippen LogP contribution is -2.58. The summed E-state index contributed by atoms with van der Waals surface area (Å²) < 4.78 is 39.4. The van der Waals surface area contributed by atoms with Crippen LogP contribution in [0, 0.1) is 0 Å². The number of nitrogens with zero attached hydrogens (tertiary/aromatic N) is 2. The molecule has 0 N–H and O–H groups in total. The molecule has 0 saturated carbocycles. The van der Waals surface area contributed by atoms with E-state index in [1.807, 2.05) is 6.07 Å². The molecule has 2 aromatic rings. The Morgan fingerprint density at radius 3 is 2.46 bits per heavy atom. The van der Waals surface area contributed by atoms with Crippen LogP contribution in [0.2, 0.25) is 0 Å². The van der Waals surface area contributed by atoms with Crippen molar-refractivity contribution in [2.24, 2.45) is 0 Å². The number of halogens is 1. The molecular weight excluding hydrogens is 448 g/mol. The third-order valence-corrected chi connectivity index (χ3v) is 7.79. The highest BCUT2D eigenvalue weighted by Crippen LogP contribution is 2.33. The van der Waals surface area contributed by atoms with Crippen molar-refractivity contribution in [3.8, 4) is 0 Å². The third kappa shape index (κ3) is 3.89. The number of morpholine rings is 1. The van der Waals surface area contributed by atoms with Crippen LogP contribution in [-0.4, -0.2) is 55.4 Å². The van der Waals surface area contributed by atoms with Crippen LogP contribution in [0.4, 0.5) is 0 Å². The zero-order valence-electron chi connectivity index (χ0n) is 15.2. The summed E-state index contributed by atoms with van der Waals surface area (Å²) in [6, 6.07) is 10.3. The minimum Gasteiger partial charge on any atom is -0.467 e. The fraction of sp³-hybridized carbons (Fsp3) is 0.421. The van der Waals surface area contributed by atoms with Gasteiger partial charge in [0.25, 0.3) is 0 Å². The van der Waals surface area contributed by atoms with Crippen LogP contribution in [0.15, 0.2) is 56.4 Å². The summed E-state index contributed by atoms with van der Waals surface area (Å²) in [5, 5.41) is 0. The second-order valence-electron chi connectivity index (χ2n) is 7.16. The molecule has 2 saturated heterocycles. The normalized spacial score (nSPS) is 20.6. The predicted octanol–water partition coefficient (Wildman–Crippen LogP) is 2.62. The van der Waals surface area contributed by atoms with Gasteiger partial charge in [-0.15, -0.1) is 0 Å². The molecule has 0 bridgehead atoms. The minimum absolute atomic E-state index is 0.0141. The number of amides is 1. The summed E-state index contributed by atoms with van der Waals surface area (Å²) in [6.07, 6.45) is 2.68. The molecule has 0 atom stereocenters. The standard InChI is InChI=1S/C19H21BrN2O5S/c20-15-3-5-17(6-4-15)28(24,25)22-9-7-19(8-10-22)14-21(18(23)13-27-19)12-16-2-1-11-26-16/h1-6,11H,7-10,12-14H2. The number of furan rings is 1. The van der Waals surface area contributed by atoms with E-state index < -0.39 is 15.6 Å². The number of sulfonamides is 1. The highest BCUT2D eigenvalue weighted by atomic mass is 79.9. The fourth-order valence-corrected chi connectivity index (χ4v) is 5.42. The Morgan fingerprint density at radius 2 is 1.82 bits per heavy atom. The van der Waals surface area contributed by atoms with Crippen LogP contribution in [0.1, 0.15) is 18.6 Å². The summed E-state index contributed by atoms with van der Waals surface area (Å²) in [6.45, 7) is 1.58. The van der Waals surface area contributed by atoms with Crippen molar-refractivity contribution < 1.29 is 22.4 Å². The molecule has 28 heavy (non-hydrogen) atoms. The zero-order chi connectivity index (χ0) is 19.8. The van der Waals surface area contributed by atoms with Gasteiger partial charge in [0, 0.05) is 17.6 Å². The predicted molar refractivity (Wildman–Crippen MR) is 105 cm³/mol. The number of carbonyl (C=O) groups excluding carboxylic acids is 1. The highest BCUT2D eigenvalue weighted by Gasteiger charge is 2.44. The van der Waals surface area contributed by atoms with Gasteiger partial charge in [-0.05, 0) is 49.2 Å². The molecule has 1 spiro atoms. The van der Waals surface area contributed by atoms with E-state index in [1.165, 1.54) is 4.31 Å². The molecule has 9 heteroatoms. The Labute approximate surface area is 172 Å². The van der Waals surface area contributed by atoms with E-state index in [0.29, 0.717) is 39.0 Å². The van der Waals surface area contributed by atoms with Gasteiger partial charge in [0.2, 0.25) is 15.9 Å². The summed E-state index contributed by atoms with van der Waals surface area (Å²) in [7, 11) is -3.54. The van der Waals surface area contributed by atoms with Crippen molar-refractivity contribution in [1.29, 1.82) is 0 Å². The topological polar surface area (TPSA) is 80.1 Å². The number of hydrogen-bond donors (Lipinski definition) is 0. The van der Waals surface area contributed by atoms with Gasteiger partial charge in [0.15, 0.2) is 0 Å². The number of rotatable bonds is 4. The number of benzene rings is 1. The van der Waals surface area contributed by atoms with Crippen molar-refractivity contribution in [1.82, 2.24) is 9.21 Å². The summed E-state index contributed by atoms with van der Waals surface area (Å²) in [5.41, 5.74) is -0.508. The van der Waals surface area contributed by atoms with Gasteiger partial charge < -0.3 is 14.1 Å². The van der Waals surface area contributed by atoms with Crippen LogP contribution >= 0.6 is 15.9 Å². The van der Waals surface area contributed by atoms with E-state index in [9.17, 15) is 13.2 Å². The largest absolute Gasteiger partial charge is 0.467 e. The Kier molecular flexibility index (Phi) is 5.34. The fourth-order valence-electron chi connectivity index (χ4n) is 3.71. The van der Waals surface area contributed by atoms with Gasteiger partial charge in [-0.25, -0.2) is 8.42 Å². The summed E-state index contributed by atoms with van der Waals surface area (Å²) in [4.78, 5) is 14.3. The van der Waals surface area contributed by atoms with Crippen molar-refractivity contribution in [2.45, 2.75) is 29.9 Å². The van der Waals surface area contributed by atoms with E-state index in [-0.39, 0.29) is 17.4 Å². The van der Waals surface area contributed by atoms with Crippen molar-refractivity contribution in [3.63, 3.8) is 0 Å². The van der Waals surface area contributed by atoms with Gasteiger partial charge in [-0.2, -0.15) is 4.31 Å². The highest BCUT2D eigenvalue weighted by molar-refractivity contribution is 9.10. The first-order chi connectivity index (χ1) is 13.4. The number of hydrogen-bond acceptors (Lipinski definition) is 5. The van der Waals surface area contributed by atoms with Crippen LogP contribution in [0.25, 0.3) is 0 Å². The van der Waals surface area contributed by atoms with Gasteiger partial charge in [-0.3, -0.25) is 4.79 Å². The lowest BCUT2D eigenvalue weighted by Gasteiger charge is -2.46. The van der Waals surface area contributed by atoms with E-state index in [1.54, 1.807) is 41.5 Å². The molecule has 1 aromatic heterocycles. The van der Waals surface area contributed by atoms with E-state index in [0.717, 1.165) is 10.2 Å². The maximum absolute atomic E-state index is 12.9. The maximum atomic E-state index is 12.9. The number of piperidine rings is 1. The summed E-state index contributed by atoms with van der Waals surface area (Å²) in [5.74, 6) is 0.646. The van der Waals surface area contributed by atoms with E-state index in [4.69, 9.17) is 9.15 Å². The molecule has 1 aromatic carbocycles. The van der Waals surface area contributed by atoms with Crippen molar-refractivity contribution >= 4 is 31.9 Å². The molecule has 2 aliphatic heterocycles. The van der Waals surface area contributed by atoms with Gasteiger partial charge in [0.05, 0.1) is 29.8 Å². The first kappa shape index (κ1) is 19.6. The molecule has 0 unspecified atom stereocenters. The van der Waals surface area contributed by atoms with Crippen LogP contribution in [0.5, 0.6) is 0 Å². The Bertz CT molecular complexity index is 935. The van der Waals surface area contributed by atoms with E-state index in [2.05, 4.69) is 15.9 Å². The third-order valence-electron chi connectivity index (χ3n) is 5.35. The van der Waals surface area contributed by atoms with Gasteiger partial charge in [-0.1, -0.05) is 15.9 Å². The second-order valence-corrected chi connectivity index (χ2v) is 10.0. The minimum atomic E-state index is -3.54. The molecule has 2 fully saturated rings. The molecule has 1 amide bonds. The van der Waals surface area contributed by atoms with Crippen molar-refractivity contribution in [2.75, 3.05) is 26.2 Å². The quantitative estimate of drug-likeness (QED) is 0.688. The molecule has 150 valence electrons. The average molecular weight is 469 g/mol. The van der Waals surface area contributed by atoms with Crippen LogP contribution in [-0.2, 0) is 26.1 Å². The first-order valence-corrected chi connectivity index (χ1v) is 11.3. The molecular formula is C19H21BrN2O5S. The van der Waals surface area contributed by atoms with Crippen molar-refractivity contribution in [3.05, 3.63) is 52.9 Å². The average Bonchev–Trinajstić information content (AvgIpc) is 3.19. The molecule has 3 heterocycles. The van der Waals surface area contributed by atoms with E-state index >= 15 is 0 Å². The smallest absolute Gasteiger partial charge is 0.249 e. The molecule has 0 aliphatic carbocycles. The zero-order valence-corrected chi connectivity index (χ0v) is 17.6. The monoisotopic (exact) mass is 468 g/mol. The molecule has 4 rings (SSSR count). The lowest BCUT2D eigenvalue weighted by atomic mass is 9.90. The number of ether oxygens (including phenoxy) is 1. The molecule has 2 aliphatic rings. The van der Waals surface area contributed by atoms with Crippen LogP contribution < -0.4 is 0 Å². The van der Waals surface area contributed by atoms with Crippen LogP contribution in [0.3, 0.4) is 0 Å². The molecule has 0 radical (unpaired) electrons. The lowest BCUT2D eigenvalue weighted by molar-refractivity contribution is -0.171. The van der Waals surface area contributed by atoms with Gasteiger partial charge in [0.1, 0.15) is 12.4 Å². The first-order valence-electron chi connectivity index (χ1n) is 9.08. The maximum Gasteiger partial charge on any atom is 0.249 e. The van der Waals surface area contributed by atoms with Gasteiger partial charge >= 0.3 is 0 Å².